The number of carbonyl (C=O) groups is 1. The van der Waals surface area contributed by atoms with Gasteiger partial charge in [0.05, 0.1) is 5.69 Å². The van der Waals surface area contributed by atoms with Crippen LogP contribution in [0.5, 0.6) is 0 Å². The van der Waals surface area contributed by atoms with Crippen molar-refractivity contribution in [2.75, 3.05) is 5.32 Å². The first-order valence-corrected chi connectivity index (χ1v) is 11.1. The van der Waals surface area contributed by atoms with Gasteiger partial charge in [-0.1, -0.05) is 42.5 Å². The van der Waals surface area contributed by atoms with Crippen LogP contribution in [0, 0.1) is 0 Å². The Morgan fingerprint density at radius 3 is 2.63 bits per heavy atom. The SMILES string of the molecule is O=C(C=Cc1ccccc1)Nc1cccc(-n2c(=O)c(Cc3cccnc3)nc3cccnc32)c1. The van der Waals surface area contributed by atoms with Gasteiger partial charge in [-0.2, -0.15) is 0 Å². The predicted octanol–water partition coefficient (Wildman–Crippen LogP) is 4.42. The molecule has 5 aromatic rings. The summed E-state index contributed by atoms with van der Waals surface area (Å²) in [5, 5.41) is 2.86. The van der Waals surface area contributed by atoms with Crippen LogP contribution in [-0.4, -0.2) is 25.4 Å². The van der Waals surface area contributed by atoms with Gasteiger partial charge in [-0.15, -0.1) is 0 Å². The van der Waals surface area contributed by atoms with Gasteiger partial charge in [0, 0.05) is 36.8 Å². The van der Waals surface area contributed by atoms with Crippen molar-refractivity contribution < 1.29 is 4.79 Å². The van der Waals surface area contributed by atoms with Crippen molar-refractivity contribution in [2.45, 2.75) is 6.42 Å². The van der Waals surface area contributed by atoms with E-state index < -0.39 is 0 Å². The number of pyridine rings is 2. The van der Waals surface area contributed by atoms with Gasteiger partial charge in [-0.25, -0.2) is 9.97 Å². The highest BCUT2D eigenvalue weighted by molar-refractivity contribution is 6.02. The van der Waals surface area contributed by atoms with Crippen molar-refractivity contribution >= 4 is 28.8 Å². The van der Waals surface area contributed by atoms with Gasteiger partial charge in [0.2, 0.25) is 5.91 Å². The molecule has 1 amide bonds. The number of anilines is 1. The number of amides is 1. The summed E-state index contributed by atoms with van der Waals surface area (Å²) >= 11 is 0. The zero-order valence-corrected chi connectivity index (χ0v) is 18.7. The predicted molar refractivity (Wildman–Crippen MR) is 136 cm³/mol. The van der Waals surface area contributed by atoms with Crippen molar-refractivity contribution in [2.24, 2.45) is 0 Å². The van der Waals surface area contributed by atoms with Crippen LogP contribution >= 0.6 is 0 Å². The van der Waals surface area contributed by atoms with Crippen LogP contribution in [0.15, 0.2) is 108 Å². The molecule has 170 valence electrons. The second kappa shape index (κ2) is 9.93. The number of carbonyl (C=O) groups excluding carboxylic acids is 1. The molecule has 2 aromatic carbocycles. The molecule has 7 heteroatoms. The highest BCUT2D eigenvalue weighted by Gasteiger charge is 2.14. The molecule has 0 unspecified atom stereocenters. The third kappa shape index (κ3) is 5.04. The van der Waals surface area contributed by atoms with Gasteiger partial charge >= 0.3 is 0 Å². The molecular weight excluding hydrogens is 438 g/mol. The fourth-order valence-corrected chi connectivity index (χ4v) is 3.76. The van der Waals surface area contributed by atoms with Crippen molar-refractivity contribution in [3.05, 3.63) is 131 Å². The fraction of sp³-hybridized carbons (Fsp3) is 0.0357. The minimum Gasteiger partial charge on any atom is -0.322 e. The second-order valence-corrected chi connectivity index (χ2v) is 7.87. The maximum absolute atomic E-state index is 13.5. The molecule has 0 fully saturated rings. The van der Waals surface area contributed by atoms with E-state index in [1.165, 1.54) is 10.6 Å². The molecule has 0 aliphatic carbocycles. The molecule has 0 radical (unpaired) electrons. The summed E-state index contributed by atoms with van der Waals surface area (Å²) < 4.78 is 1.53. The van der Waals surface area contributed by atoms with Crippen LogP contribution < -0.4 is 10.9 Å². The van der Waals surface area contributed by atoms with Crippen molar-refractivity contribution in [1.82, 2.24) is 19.5 Å². The maximum Gasteiger partial charge on any atom is 0.278 e. The lowest BCUT2D eigenvalue weighted by Gasteiger charge is -2.13. The average Bonchev–Trinajstić information content (AvgIpc) is 2.89. The molecule has 5 rings (SSSR count). The zero-order chi connectivity index (χ0) is 24.0. The van der Waals surface area contributed by atoms with Crippen molar-refractivity contribution in [3.8, 4) is 5.69 Å². The van der Waals surface area contributed by atoms with E-state index in [0.717, 1.165) is 11.1 Å². The highest BCUT2D eigenvalue weighted by Crippen LogP contribution is 2.18. The Morgan fingerprint density at radius 2 is 1.80 bits per heavy atom. The molecule has 0 atom stereocenters. The molecule has 0 spiro atoms. The number of benzene rings is 2. The third-order valence-corrected chi connectivity index (χ3v) is 5.38. The molecule has 0 aliphatic rings. The number of hydrogen-bond acceptors (Lipinski definition) is 5. The monoisotopic (exact) mass is 459 g/mol. The molecule has 35 heavy (non-hydrogen) atoms. The largest absolute Gasteiger partial charge is 0.322 e. The lowest BCUT2D eigenvalue weighted by molar-refractivity contribution is -0.111. The smallest absolute Gasteiger partial charge is 0.278 e. The number of hydrogen-bond donors (Lipinski definition) is 1. The number of nitrogens with zero attached hydrogens (tertiary/aromatic N) is 4. The third-order valence-electron chi connectivity index (χ3n) is 5.38. The Labute approximate surface area is 201 Å². The van der Waals surface area contributed by atoms with Gasteiger partial charge in [0.25, 0.3) is 5.56 Å². The fourth-order valence-electron chi connectivity index (χ4n) is 3.76. The number of fused-ring (bicyclic) bond motifs is 1. The van der Waals surface area contributed by atoms with Crippen LogP contribution in [-0.2, 0) is 11.2 Å². The van der Waals surface area contributed by atoms with E-state index in [1.807, 2.05) is 48.5 Å². The van der Waals surface area contributed by atoms with Gasteiger partial charge in [-0.05, 0) is 53.6 Å². The quantitative estimate of drug-likeness (QED) is 0.380. The second-order valence-electron chi connectivity index (χ2n) is 7.87. The van der Waals surface area contributed by atoms with Crippen molar-refractivity contribution in [1.29, 1.82) is 0 Å². The first-order chi connectivity index (χ1) is 17.2. The highest BCUT2D eigenvalue weighted by atomic mass is 16.1. The lowest BCUT2D eigenvalue weighted by Crippen LogP contribution is -2.25. The van der Waals surface area contributed by atoms with Crippen LogP contribution in [0.2, 0.25) is 0 Å². The Kier molecular flexibility index (Phi) is 6.21. The molecule has 3 aromatic heterocycles. The summed E-state index contributed by atoms with van der Waals surface area (Å²) in [5.41, 5.74) is 4.12. The molecule has 0 saturated heterocycles. The Bertz CT molecular complexity index is 1580. The molecular formula is C28H21N5O2. The van der Waals surface area contributed by atoms with Crippen LogP contribution in [0.25, 0.3) is 22.9 Å². The van der Waals surface area contributed by atoms with Crippen molar-refractivity contribution in [3.63, 3.8) is 0 Å². The maximum atomic E-state index is 13.5. The van der Waals surface area contributed by atoms with Gasteiger partial charge in [0.1, 0.15) is 11.2 Å². The van der Waals surface area contributed by atoms with Crippen LogP contribution in [0.1, 0.15) is 16.8 Å². The topological polar surface area (TPSA) is 89.8 Å². The number of aromatic nitrogens is 4. The van der Waals surface area contributed by atoms with Gasteiger partial charge in [0.15, 0.2) is 5.65 Å². The Morgan fingerprint density at radius 1 is 0.943 bits per heavy atom. The summed E-state index contributed by atoms with van der Waals surface area (Å²) in [6.07, 6.45) is 8.60. The van der Waals surface area contributed by atoms with E-state index in [9.17, 15) is 9.59 Å². The lowest BCUT2D eigenvalue weighted by atomic mass is 10.1. The van der Waals surface area contributed by atoms with E-state index in [-0.39, 0.29) is 11.5 Å². The summed E-state index contributed by atoms with van der Waals surface area (Å²) in [7, 11) is 0. The first kappa shape index (κ1) is 21.9. The van der Waals surface area contributed by atoms with Gasteiger partial charge in [-0.3, -0.25) is 19.1 Å². The summed E-state index contributed by atoms with van der Waals surface area (Å²) in [6.45, 7) is 0. The van der Waals surface area contributed by atoms with Gasteiger partial charge < -0.3 is 5.32 Å². The van der Waals surface area contributed by atoms with Crippen LogP contribution in [0.3, 0.4) is 0 Å². The summed E-state index contributed by atoms with van der Waals surface area (Å²) in [6, 6.07) is 24.0. The number of rotatable bonds is 6. The van der Waals surface area contributed by atoms with E-state index in [4.69, 9.17) is 0 Å². The molecule has 0 saturated carbocycles. The normalized spacial score (nSPS) is 11.1. The molecule has 0 bridgehead atoms. The standard InChI is InChI=1S/C28H21N5O2/c34-26(14-13-20-7-2-1-3-8-20)31-22-10-4-11-23(18-22)33-27-24(12-6-16-30-27)32-25(28(33)35)17-21-9-5-15-29-19-21/h1-16,18-19H,17H2,(H,31,34). The average molecular weight is 460 g/mol. The minimum absolute atomic E-state index is 0.270. The minimum atomic E-state index is -0.271. The van der Waals surface area contributed by atoms with Crippen LogP contribution in [0.4, 0.5) is 5.69 Å². The van der Waals surface area contributed by atoms with E-state index in [2.05, 4.69) is 20.3 Å². The molecule has 0 aliphatic heterocycles. The van der Waals surface area contributed by atoms with E-state index >= 15 is 0 Å². The number of nitrogens with one attached hydrogen (secondary N) is 1. The zero-order valence-electron chi connectivity index (χ0n) is 18.7. The summed E-state index contributed by atoms with van der Waals surface area (Å²) in [5.74, 6) is -0.270. The Hall–Kier alpha value is -4.91. The molecule has 3 heterocycles. The Balaban J connectivity index is 1.50. The first-order valence-electron chi connectivity index (χ1n) is 11.1. The molecule has 1 N–H and O–H groups in total. The van der Waals surface area contributed by atoms with E-state index in [1.54, 1.807) is 55.0 Å². The van der Waals surface area contributed by atoms with E-state index in [0.29, 0.717) is 34.7 Å². The molecule has 7 nitrogen and oxygen atoms in total. The summed E-state index contributed by atoms with van der Waals surface area (Å²) in [4.78, 5) is 39.1.